The number of piperidine rings is 1. The monoisotopic (exact) mass is 190 g/mol. The highest BCUT2D eigenvalue weighted by Crippen LogP contribution is 2.32. The fourth-order valence-electron chi connectivity index (χ4n) is 2.73. The molecule has 3 rings (SSSR count). The Morgan fingerprint density at radius 3 is 3.29 bits per heavy atom. The minimum absolute atomic E-state index is 0.229. The van der Waals surface area contributed by atoms with Crippen LogP contribution in [0.5, 0.6) is 0 Å². The summed E-state index contributed by atoms with van der Waals surface area (Å²) in [6, 6.07) is 1.92. The molecule has 2 N–H and O–H groups in total. The van der Waals surface area contributed by atoms with Crippen LogP contribution in [0.4, 0.5) is 0 Å². The summed E-state index contributed by atoms with van der Waals surface area (Å²) in [5.41, 5.74) is 2.08. The third-order valence-corrected chi connectivity index (χ3v) is 3.53. The molecule has 14 heavy (non-hydrogen) atoms. The van der Waals surface area contributed by atoms with Crippen LogP contribution in [0.15, 0.2) is 12.3 Å². The van der Waals surface area contributed by atoms with Crippen molar-refractivity contribution in [3.05, 3.63) is 23.5 Å². The van der Waals surface area contributed by atoms with E-state index in [4.69, 9.17) is 0 Å². The Morgan fingerprint density at radius 2 is 2.36 bits per heavy atom. The van der Waals surface area contributed by atoms with Crippen LogP contribution in [0.25, 0.3) is 0 Å². The second-order valence-corrected chi connectivity index (χ2v) is 4.30. The number of aromatic nitrogens is 1. The van der Waals surface area contributed by atoms with Gasteiger partial charge in [0.2, 0.25) is 0 Å². The molecular formula is C11H14N2O. The van der Waals surface area contributed by atoms with Crippen molar-refractivity contribution < 1.29 is 4.79 Å². The van der Waals surface area contributed by atoms with Crippen LogP contribution < -0.4 is 5.32 Å². The number of H-pyrrole nitrogens is 1. The molecular weight excluding hydrogens is 176 g/mol. The summed E-state index contributed by atoms with van der Waals surface area (Å²) in [5.74, 6) is 1.13. The van der Waals surface area contributed by atoms with Crippen LogP contribution in [-0.2, 0) is 6.42 Å². The van der Waals surface area contributed by atoms with Gasteiger partial charge in [0.1, 0.15) is 0 Å². The number of Topliss-reactive ketones (excluding diaryl/α,β-unsaturated/α-hetero) is 1. The smallest absolute Gasteiger partial charge is 0.169 e. The van der Waals surface area contributed by atoms with E-state index in [9.17, 15) is 4.79 Å². The SMILES string of the molecule is O=C1c2cc[nH]c2C[C@@H]2CCNC[C@@H]12. The highest BCUT2D eigenvalue weighted by molar-refractivity contribution is 6.00. The maximum Gasteiger partial charge on any atom is 0.169 e. The Bertz CT molecular complexity index is 369. The molecule has 0 unspecified atom stereocenters. The average molecular weight is 190 g/mol. The summed E-state index contributed by atoms with van der Waals surface area (Å²) in [6.45, 7) is 1.93. The standard InChI is InChI=1S/C11H14N2O/c14-11-8-2-4-13-10(8)5-7-1-3-12-6-9(7)11/h2,4,7,9,12-13H,1,3,5-6H2/t7-,9+/m0/s1. The summed E-state index contributed by atoms with van der Waals surface area (Å²) < 4.78 is 0. The molecule has 0 aromatic carbocycles. The molecule has 1 aromatic heterocycles. The van der Waals surface area contributed by atoms with Crippen molar-refractivity contribution in [2.45, 2.75) is 12.8 Å². The lowest BCUT2D eigenvalue weighted by Crippen LogP contribution is -2.44. The molecule has 2 aliphatic rings. The number of carbonyl (C=O) groups is 1. The quantitative estimate of drug-likeness (QED) is 0.640. The van der Waals surface area contributed by atoms with Crippen molar-refractivity contribution in [3.8, 4) is 0 Å². The predicted octanol–water partition coefficient (Wildman–Crippen LogP) is 0.979. The van der Waals surface area contributed by atoms with Crippen molar-refractivity contribution in [1.82, 2.24) is 10.3 Å². The molecule has 0 spiro atoms. The number of rotatable bonds is 0. The van der Waals surface area contributed by atoms with Crippen LogP contribution in [0.2, 0.25) is 0 Å². The average Bonchev–Trinajstić information content (AvgIpc) is 2.66. The third-order valence-electron chi connectivity index (χ3n) is 3.53. The molecule has 74 valence electrons. The lowest BCUT2D eigenvalue weighted by Gasteiger charge is -2.34. The lowest BCUT2D eigenvalue weighted by atomic mass is 9.74. The van der Waals surface area contributed by atoms with E-state index in [1.165, 1.54) is 0 Å². The van der Waals surface area contributed by atoms with Gasteiger partial charge >= 0.3 is 0 Å². The topological polar surface area (TPSA) is 44.9 Å². The number of hydrogen-bond donors (Lipinski definition) is 2. The zero-order chi connectivity index (χ0) is 9.54. The number of aromatic amines is 1. The molecule has 2 heterocycles. The molecule has 3 nitrogen and oxygen atoms in total. The number of hydrogen-bond acceptors (Lipinski definition) is 2. The molecule has 0 amide bonds. The van der Waals surface area contributed by atoms with Crippen LogP contribution in [0, 0.1) is 11.8 Å². The number of fused-ring (bicyclic) bond motifs is 2. The van der Waals surface area contributed by atoms with Gasteiger partial charge < -0.3 is 10.3 Å². The summed E-state index contributed by atoms with van der Waals surface area (Å²) in [4.78, 5) is 15.2. The van der Waals surface area contributed by atoms with Gasteiger partial charge in [0.25, 0.3) is 0 Å². The van der Waals surface area contributed by atoms with Crippen molar-refractivity contribution in [3.63, 3.8) is 0 Å². The molecule has 0 bridgehead atoms. The highest BCUT2D eigenvalue weighted by Gasteiger charge is 2.37. The van der Waals surface area contributed by atoms with E-state index >= 15 is 0 Å². The Morgan fingerprint density at radius 1 is 1.43 bits per heavy atom. The first-order valence-corrected chi connectivity index (χ1v) is 5.27. The molecule has 1 aliphatic heterocycles. The van der Waals surface area contributed by atoms with E-state index in [1.54, 1.807) is 0 Å². The molecule has 1 aromatic rings. The van der Waals surface area contributed by atoms with Crippen molar-refractivity contribution in [1.29, 1.82) is 0 Å². The van der Waals surface area contributed by atoms with Gasteiger partial charge in [-0.2, -0.15) is 0 Å². The minimum atomic E-state index is 0.229. The first-order valence-electron chi connectivity index (χ1n) is 5.27. The van der Waals surface area contributed by atoms with E-state index in [0.29, 0.717) is 11.7 Å². The zero-order valence-corrected chi connectivity index (χ0v) is 8.05. The third kappa shape index (κ3) is 1.05. The maximum atomic E-state index is 12.1. The Hall–Kier alpha value is -1.09. The highest BCUT2D eigenvalue weighted by atomic mass is 16.1. The Kier molecular flexibility index (Phi) is 1.74. The maximum absolute atomic E-state index is 12.1. The normalized spacial score (nSPS) is 31.0. The van der Waals surface area contributed by atoms with Gasteiger partial charge in [-0.3, -0.25) is 4.79 Å². The van der Waals surface area contributed by atoms with Gasteiger partial charge in [-0.1, -0.05) is 0 Å². The largest absolute Gasteiger partial charge is 0.364 e. The van der Waals surface area contributed by atoms with Crippen LogP contribution in [0.1, 0.15) is 22.5 Å². The summed E-state index contributed by atoms with van der Waals surface area (Å²) in [7, 11) is 0. The van der Waals surface area contributed by atoms with Gasteiger partial charge in [0.05, 0.1) is 0 Å². The predicted molar refractivity (Wildman–Crippen MR) is 53.3 cm³/mol. The lowest BCUT2D eigenvalue weighted by molar-refractivity contribution is 0.0818. The van der Waals surface area contributed by atoms with Gasteiger partial charge in [-0.25, -0.2) is 0 Å². The Labute approximate surface area is 82.9 Å². The molecule has 0 saturated carbocycles. The van der Waals surface area contributed by atoms with Gasteiger partial charge in [0.15, 0.2) is 5.78 Å². The summed E-state index contributed by atoms with van der Waals surface area (Å²) in [5, 5.41) is 3.31. The molecule has 3 heteroatoms. The fourth-order valence-corrected chi connectivity index (χ4v) is 2.73. The molecule has 1 saturated heterocycles. The molecule has 0 radical (unpaired) electrons. The van der Waals surface area contributed by atoms with Gasteiger partial charge in [0, 0.05) is 29.9 Å². The van der Waals surface area contributed by atoms with Gasteiger partial charge in [-0.05, 0) is 31.4 Å². The molecule has 2 atom stereocenters. The van der Waals surface area contributed by atoms with E-state index in [1.807, 2.05) is 12.3 Å². The van der Waals surface area contributed by atoms with E-state index in [-0.39, 0.29) is 5.92 Å². The van der Waals surface area contributed by atoms with Crippen LogP contribution in [0.3, 0.4) is 0 Å². The van der Waals surface area contributed by atoms with Crippen LogP contribution in [-0.4, -0.2) is 23.9 Å². The Balaban J connectivity index is 2.00. The molecule has 1 fully saturated rings. The van der Waals surface area contributed by atoms with E-state index in [0.717, 1.165) is 37.2 Å². The summed E-state index contributed by atoms with van der Waals surface area (Å²) >= 11 is 0. The second-order valence-electron chi connectivity index (χ2n) is 4.30. The molecule has 1 aliphatic carbocycles. The van der Waals surface area contributed by atoms with Crippen molar-refractivity contribution >= 4 is 5.78 Å². The van der Waals surface area contributed by atoms with E-state index in [2.05, 4.69) is 10.3 Å². The zero-order valence-electron chi connectivity index (χ0n) is 8.05. The van der Waals surface area contributed by atoms with Crippen LogP contribution >= 0.6 is 0 Å². The fraction of sp³-hybridized carbons (Fsp3) is 0.545. The number of ketones is 1. The van der Waals surface area contributed by atoms with Crippen molar-refractivity contribution in [2.75, 3.05) is 13.1 Å². The number of carbonyl (C=O) groups excluding carboxylic acids is 1. The number of nitrogens with one attached hydrogen (secondary N) is 2. The van der Waals surface area contributed by atoms with Gasteiger partial charge in [-0.15, -0.1) is 0 Å². The van der Waals surface area contributed by atoms with Crippen molar-refractivity contribution in [2.24, 2.45) is 11.8 Å². The minimum Gasteiger partial charge on any atom is -0.364 e. The summed E-state index contributed by atoms with van der Waals surface area (Å²) in [6.07, 6.45) is 4.07. The first-order chi connectivity index (χ1) is 6.86. The second kappa shape index (κ2) is 2.95. The first kappa shape index (κ1) is 8.24. The van der Waals surface area contributed by atoms with E-state index < -0.39 is 0 Å².